The van der Waals surface area contributed by atoms with Gasteiger partial charge in [-0.2, -0.15) is 10.2 Å². The van der Waals surface area contributed by atoms with Crippen molar-refractivity contribution < 1.29 is 14.2 Å². The summed E-state index contributed by atoms with van der Waals surface area (Å²) in [4.78, 5) is 4.29. The second-order valence-corrected chi connectivity index (χ2v) is 8.34. The molecule has 0 radical (unpaired) electrons. The normalized spacial score (nSPS) is 17.3. The first-order chi connectivity index (χ1) is 15.8. The number of aromatic nitrogens is 5. The maximum absolute atomic E-state index is 14.3. The summed E-state index contributed by atoms with van der Waals surface area (Å²) in [7, 11) is 1.76. The Morgan fingerprint density at radius 2 is 2.03 bits per heavy atom. The van der Waals surface area contributed by atoms with Gasteiger partial charge in [-0.1, -0.05) is 11.6 Å². The number of anilines is 1. The molecule has 170 valence electrons. The van der Waals surface area contributed by atoms with Gasteiger partial charge < -0.3 is 15.6 Å². The summed E-state index contributed by atoms with van der Waals surface area (Å²) in [5.41, 5.74) is 9.96. The molecular formula is C23H22ClFN6O2. The van der Waals surface area contributed by atoms with Gasteiger partial charge in [-0.25, -0.2) is 9.37 Å². The lowest BCUT2D eigenvalue weighted by molar-refractivity contribution is 0.220. The number of ether oxygens (including phenoxy) is 1. The average molecular weight is 469 g/mol. The van der Waals surface area contributed by atoms with Crippen LogP contribution in [0.25, 0.3) is 22.5 Å². The summed E-state index contributed by atoms with van der Waals surface area (Å²) in [5, 5.41) is 20.8. The predicted molar refractivity (Wildman–Crippen MR) is 122 cm³/mol. The highest BCUT2D eigenvalue weighted by Crippen LogP contribution is 2.43. The van der Waals surface area contributed by atoms with Gasteiger partial charge in [0, 0.05) is 48.2 Å². The summed E-state index contributed by atoms with van der Waals surface area (Å²) in [6.45, 7) is 4.24. The van der Waals surface area contributed by atoms with Gasteiger partial charge in [0.05, 0.1) is 17.0 Å². The molecule has 10 heteroatoms. The van der Waals surface area contributed by atoms with Crippen LogP contribution in [0.5, 0.6) is 5.75 Å². The summed E-state index contributed by atoms with van der Waals surface area (Å²) < 4.78 is 23.7. The number of hydrogen-bond acceptors (Lipinski definition) is 6. The van der Waals surface area contributed by atoms with E-state index in [-0.39, 0.29) is 11.0 Å². The van der Waals surface area contributed by atoms with Crippen LogP contribution in [0.3, 0.4) is 0 Å². The number of pyridine rings is 1. The molecule has 2 bridgehead atoms. The number of halogens is 2. The van der Waals surface area contributed by atoms with Crippen LogP contribution in [0.1, 0.15) is 42.7 Å². The quantitative estimate of drug-likeness (QED) is 0.432. The molecule has 8 nitrogen and oxygen atoms in total. The molecule has 1 unspecified atom stereocenters. The van der Waals surface area contributed by atoms with E-state index in [9.17, 15) is 9.50 Å². The molecule has 3 N–H and O–H groups in total. The summed E-state index contributed by atoms with van der Waals surface area (Å²) in [5.74, 6) is 0.107. The molecule has 4 aromatic rings. The van der Waals surface area contributed by atoms with Crippen molar-refractivity contribution in [1.82, 2.24) is 24.5 Å². The third-order valence-electron chi connectivity index (χ3n) is 5.83. The van der Waals surface area contributed by atoms with Crippen LogP contribution in [0, 0.1) is 5.82 Å². The lowest BCUT2D eigenvalue weighted by Crippen LogP contribution is -2.11. The minimum absolute atomic E-state index is 0.165. The van der Waals surface area contributed by atoms with Crippen LogP contribution >= 0.6 is 11.6 Å². The molecule has 4 heterocycles. The average Bonchev–Trinajstić information content (AvgIpc) is 3.33. The van der Waals surface area contributed by atoms with E-state index in [2.05, 4.69) is 15.2 Å². The Morgan fingerprint density at radius 1 is 1.24 bits per heavy atom. The van der Waals surface area contributed by atoms with Crippen molar-refractivity contribution in [1.29, 1.82) is 0 Å². The van der Waals surface area contributed by atoms with Gasteiger partial charge in [0.2, 0.25) is 0 Å². The van der Waals surface area contributed by atoms with E-state index in [1.54, 1.807) is 47.9 Å². The van der Waals surface area contributed by atoms with E-state index in [0.717, 1.165) is 0 Å². The second-order valence-electron chi connectivity index (χ2n) is 7.98. The van der Waals surface area contributed by atoms with Crippen molar-refractivity contribution in [2.24, 2.45) is 7.05 Å². The van der Waals surface area contributed by atoms with E-state index in [1.165, 1.54) is 12.1 Å². The van der Waals surface area contributed by atoms with Crippen LogP contribution in [0.15, 0.2) is 36.7 Å². The van der Waals surface area contributed by atoms with Crippen molar-refractivity contribution in [3.8, 4) is 28.3 Å². The predicted octanol–water partition coefficient (Wildman–Crippen LogP) is 4.28. The Labute approximate surface area is 194 Å². The van der Waals surface area contributed by atoms with Gasteiger partial charge in [0.1, 0.15) is 18.0 Å². The summed E-state index contributed by atoms with van der Waals surface area (Å²) in [6.07, 6.45) is 1.58. The highest BCUT2D eigenvalue weighted by atomic mass is 35.5. The molecule has 1 aromatic carbocycles. The maximum atomic E-state index is 14.3. The molecule has 1 aliphatic heterocycles. The summed E-state index contributed by atoms with van der Waals surface area (Å²) >= 11 is 6.54. The Hall–Kier alpha value is -3.43. The maximum Gasteiger partial charge on any atom is 0.166 e. The van der Waals surface area contributed by atoms with Crippen molar-refractivity contribution >= 4 is 17.4 Å². The van der Waals surface area contributed by atoms with Crippen molar-refractivity contribution in [3.63, 3.8) is 0 Å². The molecule has 3 aromatic heterocycles. The topological polar surface area (TPSA) is 104 Å². The molecular weight excluding hydrogens is 447 g/mol. The number of benzene rings is 1. The lowest BCUT2D eigenvalue weighted by Gasteiger charge is -2.22. The number of hydrogen-bond donors (Lipinski definition) is 2. The first kappa shape index (κ1) is 21.4. The van der Waals surface area contributed by atoms with E-state index in [0.29, 0.717) is 51.5 Å². The molecule has 0 fully saturated rings. The highest BCUT2D eigenvalue weighted by molar-refractivity contribution is 6.30. The molecule has 2 atom stereocenters. The zero-order chi connectivity index (χ0) is 23.4. The molecule has 33 heavy (non-hydrogen) atoms. The third kappa shape index (κ3) is 3.44. The first-order valence-electron chi connectivity index (χ1n) is 10.5. The number of aryl methyl sites for hydroxylation is 2. The zero-order valence-corrected chi connectivity index (χ0v) is 19.0. The smallest absolute Gasteiger partial charge is 0.166 e. The Balaban J connectivity index is 1.88. The molecule has 0 saturated heterocycles. The zero-order valence-electron chi connectivity index (χ0n) is 18.3. The van der Waals surface area contributed by atoms with Crippen LogP contribution in [0.4, 0.5) is 10.2 Å². The van der Waals surface area contributed by atoms with Gasteiger partial charge in [-0.05, 0) is 38.1 Å². The fourth-order valence-electron chi connectivity index (χ4n) is 4.31. The van der Waals surface area contributed by atoms with Crippen molar-refractivity contribution in [2.75, 3.05) is 5.73 Å². The number of nitrogens with zero attached hydrogens (tertiary/aromatic N) is 5. The van der Waals surface area contributed by atoms with Gasteiger partial charge in [-0.15, -0.1) is 0 Å². The third-order valence-corrected chi connectivity index (χ3v) is 6.11. The van der Waals surface area contributed by atoms with Gasteiger partial charge in [0.25, 0.3) is 0 Å². The van der Waals surface area contributed by atoms with E-state index in [1.807, 2.05) is 6.92 Å². The molecule has 0 spiro atoms. The van der Waals surface area contributed by atoms with Crippen LogP contribution in [-0.4, -0.2) is 29.7 Å². The van der Waals surface area contributed by atoms with Gasteiger partial charge in [0.15, 0.2) is 16.7 Å². The summed E-state index contributed by atoms with van der Waals surface area (Å²) in [6, 6.07) is 6.12. The van der Waals surface area contributed by atoms with E-state index >= 15 is 0 Å². The minimum Gasteiger partial charge on any atom is -0.482 e. The Kier molecular flexibility index (Phi) is 5.10. The molecule has 0 saturated carbocycles. The highest BCUT2D eigenvalue weighted by Gasteiger charge is 2.31. The number of aliphatic hydroxyl groups is 1. The monoisotopic (exact) mass is 468 g/mol. The van der Waals surface area contributed by atoms with Crippen LogP contribution in [-0.2, 0) is 13.6 Å². The minimum atomic E-state index is -1.15. The molecule has 1 aliphatic rings. The van der Waals surface area contributed by atoms with E-state index in [4.69, 9.17) is 22.1 Å². The van der Waals surface area contributed by atoms with Crippen LogP contribution in [0.2, 0.25) is 5.15 Å². The molecule has 0 amide bonds. The molecule has 0 aliphatic carbocycles. The SMILES string of the molecule is CCn1nc(Cl)c2c1-c1cnc(N)c(c1)O[C@H](C)c1cc(F)ccc1-c1nn(C)cc1C2O. The number of nitrogen functional groups attached to an aromatic ring is 1. The van der Waals surface area contributed by atoms with Gasteiger partial charge >= 0.3 is 0 Å². The second kappa shape index (κ2) is 7.86. The largest absolute Gasteiger partial charge is 0.482 e. The van der Waals surface area contributed by atoms with Crippen LogP contribution < -0.4 is 10.5 Å². The van der Waals surface area contributed by atoms with Crippen molar-refractivity contribution in [2.45, 2.75) is 32.6 Å². The van der Waals surface area contributed by atoms with Crippen molar-refractivity contribution in [3.05, 3.63) is 64.3 Å². The van der Waals surface area contributed by atoms with E-state index < -0.39 is 18.0 Å². The standard InChI is InChI=1S/C23H22ClFN6O2/c1-4-31-20-12-7-17(23(26)27-9-12)33-11(2)15-8-13(25)5-6-14(15)19-16(10-30(3)28-19)21(32)18(20)22(24)29-31/h5-11,21,32H,4H2,1-3H3,(H2,26,27)/t11-,21?/m1/s1. The molecule has 5 rings (SSSR count). The fourth-order valence-corrected chi connectivity index (χ4v) is 4.60. The first-order valence-corrected chi connectivity index (χ1v) is 10.9. The Bertz CT molecular complexity index is 1380. The Morgan fingerprint density at radius 3 is 2.79 bits per heavy atom. The fraction of sp³-hybridized carbons (Fsp3) is 0.261. The number of aliphatic hydroxyl groups excluding tert-OH is 1. The number of nitrogens with two attached hydrogens (primary N) is 1. The lowest BCUT2D eigenvalue weighted by atomic mass is 9.93. The van der Waals surface area contributed by atoms with Gasteiger partial charge in [-0.3, -0.25) is 9.36 Å². The number of rotatable bonds is 1. The number of fused-ring (bicyclic) bond motifs is 7.